The number of benzene rings is 1. The highest BCUT2D eigenvalue weighted by Crippen LogP contribution is 2.19. The molecule has 0 saturated carbocycles. The van der Waals surface area contributed by atoms with E-state index < -0.39 is 5.82 Å². The molecule has 8 heteroatoms. The predicted octanol–water partition coefficient (Wildman–Crippen LogP) is 3.62. The molecule has 0 spiro atoms. The smallest absolute Gasteiger partial charge is 0.229 e. The van der Waals surface area contributed by atoms with E-state index >= 15 is 0 Å². The summed E-state index contributed by atoms with van der Waals surface area (Å²) in [6, 6.07) is 6.21. The molecule has 0 atom stereocenters. The number of aromatic amines is 1. The van der Waals surface area contributed by atoms with Crippen LogP contribution in [-0.2, 0) is 11.2 Å². The van der Waals surface area contributed by atoms with Crippen LogP contribution >= 0.6 is 23.6 Å². The van der Waals surface area contributed by atoms with E-state index in [0.717, 1.165) is 10.6 Å². The first-order chi connectivity index (χ1) is 11.0. The number of nitrogens with zero attached hydrogens (tertiary/aromatic N) is 2. The van der Waals surface area contributed by atoms with Crippen LogP contribution in [0.2, 0.25) is 0 Å². The number of hydrogen-bond acceptors (Lipinski definition) is 4. The SMILES string of the molecule is Cc1[nH]c(=S)sc1CC(=O)Nc1ccc(-n2cccn2)c(F)c1. The normalized spacial score (nSPS) is 10.7. The van der Waals surface area contributed by atoms with E-state index in [-0.39, 0.29) is 12.3 Å². The number of nitrogens with one attached hydrogen (secondary N) is 2. The highest BCUT2D eigenvalue weighted by atomic mass is 32.1. The van der Waals surface area contributed by atoms with Gasteiger partial charge < -0.3 is 10.3 Å². The summed E-state index contributed by atoms with van der Waals surface area (Å²) in [5.41, 5.74) is 1.61. The molecule has 0 aliphatic rings. The Balaban J connectivity index is 1.73. The van der Waals surface area contributed by atoms with Crippen molar-refractivity contribution in [3.8, 4) is 5.69 Å². The molecule has 0 bridgehead atoms. The Morgan fingerprint density at radius 1 is 1.52 bits per heavy atom. The molecular weight excluding hydrogens is 335 g/mol. The van der Waals surface area contributed by atoms with Gasteiger partial charge in [0.15, 0.2) is 9.77 Å². The third-order valence-electron chi connectivity index (χ3n) is 3.23. The predicted molar refractivity (Wildman–Crippen MR) is 90.1 cm³/mol. The summed E-state index contributed by atoms with van der Waals surface area (Å²) in [6.07, 6.45) is 3.42. The summed E-state index contributed by atoms with van der Waals surface area (Å²) in [6.45, 7) is 1.87. The second-order valence-corrected chi connectivity index (χ2v) is 6.68. The second kappa shape index (κ2) is 6.43. The van der Waals surface area contributed by atoms with Crippen LogP contribution in [0.4, 0.5) is 10.1 Å². The van der Waals surface area contributed by atoms with Crippen LogP contribution in [0.25, 0.3) is 5.69 Å². The molecule has 5 nitrogen and oxygen atoms in total. The Morgan fingerprint density at radius 3 is 2.96 bits per heavy atom. The van der Waals surface area contributed by atoms with Crippen molar-refractivity contribution < 1.29 is 9.18 Å². The Bertz CT molecular complexity index is 899. The lowest BCUT2D eigenvalue weighted by molar-refractivity contribution is -0.115. The van der Waals surface area contributed by atoms with Gasteiger partial charge in [0.1, 0.15) is 5.69 Å². The molecule has 3 rings (SSSR count). The van der Waals surface area contributed by atoms with Gasteiger partial charge in [-0.05, 0) is 43.4 Å². The second-order valence-electron chi connectivity index (χ2n) is 4.90. The van der Waals surface area contributed by atoms with Crippen LogP contribution < -0.4 is 5.32 Å². The summed E-state index contributed by atoms with van der Waals surface area (Å²) < 4.78 is 16.2. The molecule has 23 heavy (non-hydrogen) atoms. The largest absolute Gasteiger partial charge is 0.341 e. The number of amides is 1. The van der Waals surface area contributed by atoms with Gasteiger partial charge in [-0.25, -0.2) is 9.07 Å². The van der Waals surface area contributed by atoms with Crippen molar-refractivity contribution in [3.63, 3.8) is 0 Å². The monoisotopic (exact) mass is 348 g/mol. The fourth-order valence-electron chi connectivity index (χ4n) is 2.14. The maximum atomic E-state index is 14.1. The summed E-state index contributed by atoms with van der Waals surface area (Å²) in [5.74, 6) is -0.676. The van der Waals surface area contributed by atoms with Gasteiger partial charge in [-0.2, -0.15) is 5.10 Å². The third kappa shape index (κ3) is 3.54. The number of anilines is 1. The van der Waals surface area contributed by atoms with Crippen molar-refractivity contribution in [3.05, 3.63) is 57.0 Å². The summed E-state index contributed by atoms with van der Waals surface area (Å²) >= 11 is 6.42. The van der Waals surface area contributed by atoms with Gasteiger partial charge in [0, 0.05) is 28.7 Å². The molecule has 1 aromatic carbocycles. The van der Waals surface area contributed by atoms with Crippen molar-refractivity contribution in [1.29, 1.82) is 0 Å². The van der Waals surface area contributed by atoms with Crippen molar-refractivity contribution >= 4 is 35.1 Å². The summed E-state index contributed by atoms with van der Waals surface area (Å²) in [4.78, 5) is 15.9. The molecule has 2 heterocycles. The van der Waals surface area contributed by atoms with Crippen molar-refractivity contribution in [2.24, 2.45) is 0 Å². The lowest BCUT2D eigenvalue weighted by Gasteiger charge is -2.08. The number of H-pyrrole nitrogens is 1. The maximum absolute atomic E-state index is 14.1. The van der Waals surface area contributed by atoms with Gasteiger partial charge in [-0.3, -0.25) is 4.79 Å². The van der Waals surface area contributed by atoms with Gasteiger partial charge in [0.2, 0.25) is 5.91 Å². The van der Waals surface area contributed by atoms with Crippen molar-refractivity contribution in [2.75, 3.05) is 5.32 Å². The molecule has 3 aromatic rings. The van der Waals surface area contributed by atoms with Crippen LogP contribution in [-0.4, -0.2) is 20.7 Å². The lowest BCUT2D eigenvalue weighted by atomic mass is 10.2. The average molecular weight is 348 g/mol. The Hall–Kier alpha value is -2.32. The van der Waals surface area contributed by atoms with Gasteiger partial charge in [-0.1, -0.05) is 0 Å². The zero-order chi connectivity index (χ0) is 16.4. The number of hydrogen-bond donors (Lipinski definition) is 2. The quantitative estimate of drug-likeness (QED) is 0.708. The molecule has 118 valence electrons. The first kappa shape index (κ1) is 15.6. The van der Waals surface area contributed by atoms with Gasteiger partial charge in [0.05, 0.1) is 6.42 Å². The van der Waals surface area contributed by atoms with Crippen molar-refractivity contribution in [1.82, 2.24) is 14.8 Å². The lowest BCUT2D eigenvalue weighted by Crippen LogP contribution is -2.14. The van der Waals surface area contributed by atoms with E-state index in [1.165, 1.54) is 22.1 Å². The molecule has 1 amide bonds. The maximum Gasteiger partial charge on any atom is 0.229 e. The van der Waals surface area contributed by atoms with Gasteiger partial charge >= 0.3 is 0 Å². The van der Waals surface area contributed by atoms with Gasteiger partial charge in [0.25, 0.3) is 0 Å². The van der Waals surface area contributed by atoms with Crippen LogP contribution in [0, 0.1) is 16.7 Å². The Labute approximate surface area is 140 Å². The molecule has 0 aliphatic heterocycles. The molecule has 0 fully saturated rings. The Morgan fingerprint density at radius 2 is 2.35 bits per heavy atom. The van der Waals surface area contributed by atoms with Crippen molar-refractivity contribution in [2.45, 2.75) is 13.3 Å². The number of rotatable bonds is 4. The molecule has 0 radical (unpaired) electrons. The van der Waals surface area contributed by atoms with E-state index in [1.807, 2.05) is 6.92 Å². The topological polar surface area (TPSA) is 62.7 Å². The molecule has 2 N–H and O–H groups in total. The number of halogens is 1. The van der Waals surface area contributed by atoms with Crippen LogP contribution in [0.3, 0.4) is 0 Å². The zero-order valence-electron chi connectivity index (χ0n) is 12.2. The number of thiazole rings is 1. The minimum absolute atomic E-state index is 0.201. The molecule has 0 saturated heterocycles. The molecule has 2 aromatic heterocycles. The minimum atomic E-state index is -0.458. The molecular formula is C15H13FN4OS2. The fraction of sp³-hybridized carbons (Fsp3) is 0.133. The fourth-order valence-corrected chi connectivity index (χ4v) is 3.43. The third-order valence-corrected chi connectivity index (χ3v) is 4.56. The number of aryl methyl sites for hydroxylation is 1. The van der Waals surface area contributed by atoms with E-state index in [4.69, 9.17) is 12.2 Å². The van der Waals surface area contributed by atoms with Crippen LogP contribution in [0.15, 0.2) is 36.7 Å². The van der Waals surface area contributed by atoms with E-state index in [2.05, 4.69) is 15.4 Å². The van der Waals surface area contributed by atoms with Crippen LogP contribution in [0.1, 0.15) is 10.6 Å². The van der Waals surface area contributed by atoms with E-state index in [0.29, 0.717) is 15.3 Å². The average Bonchev–Trinajstić information content (AvgIpc) is 3.09. The number of carbonyl (C=O) groups is 1. The standard InChI is InChI=1S/C15H13FN4OS2/c1-9-13(23-15(22)18-9)8-14(21)19-10-3-4-12(11(16)7-10)20-6-2-5-17-20/h2-7H,8H2,1H3,(H,18,22)(H,19,21). The highest BCUT2D eigenvalue weighted by Gasteiger charge is 2.11. The van der Waals surface area contributed by atoms with Gasteiger partial charge in [-0.15, -0.1) is 11.3 Å². The zero-order valence-corrected chi connectivity index (χ0v) is 13.8. The van der Waals surface area contributed by atoms with Crippen LogP contribution in [0.5, 0.6) is 0 Å². The molecule has 0 aliphatic carbocycles. The minimum Gasteiger partial charge on any atom is -0.341 e. The van der Waals surface area contributed by atoms with E-state index in [9.17, 15) is 9.18 Å². The summed E-state index contributed by atoms with van der Waals surface area (Å²) in [7, 11) is 0. The molecule has 0 unspecified atom stereocenters. The first-order valence-electron chi connectivity index (χ1n) is 6.81. The highest BCUT2D eigenvalue weighted by molar-refractivity contribution is 7.73. The number of carbonyl (C=O) groups excluding carboxylic acids is 1. The Kier molecular flexibility index (Phi) is 4.35. The number of aromatic nitrogens is 3. The van der Waals surface area contributed by atoms with E-state index in [1.54, 1.807) is 30.6 Å². The summed E-state index contributed by atoms with van der Waals surface area (Å²) in [5, 5.41) is 6.67. The first-order valence-corrected chi connectivity index (χ1v) is 8.03.